The normalized spacial score (nSPS) is 30.8. The lowest BCUT2D eigenvalue weighted by molar-refractivity contribution is -0.143. The summed E-state index contributed by atoms with van der Waals surface area (Å²) in [5.74, 6) is 0.233. The summed E-state index contributed by atoms with van der Waals surface area (Å²) in [4.78, 5) is 10.7. The van der Waals surface area contributed by atoms with Gasteiger partial charge in [-0.15, -0.1) is 0 Å². The lowest BCUT2D eigenvalue weighted by Gasteiger charge is -2.47. The van der Waals surface area contributed by atoms with Crippen molar-refractivity contribution in [2.45, 2.75) is 0 Å². The molecule has 2 saturated heterocycles. The summed E-state index contributed by atoms with van der Waals surface area (Å²) in [6, 6.07) is 0. The zero-order valence-corrected chi connectivity index (χ0v) is 4.53. The fourth-order valence-electron chi connectivity index (χ4n) is 1.12. The quantitative estimate of drug-likeness (QED) is 0.383. The minimum Gasteiger partial charge on any atom is -0.354 e. The van der Waals surface area contributed by atoms with Crippen LogP contribution in [0.15, 0.2) is 0 Å². The van der Waals surface area contributed by atoms with Crippen molar-refractivity contribution in [3.63, 3.8) is 0 Å². The molecule has 0 aromatic rings. The molecule has 1 spiro atoms. The van der Waals surface area contributed by atoms with Gasteiger partial charge < -0.3 is 10.6 Å². The molecule has 1 amide bonds. The highest BCUT2D eigenvalue weighted by Gasteiger charge is 2.50. The first-order valence-corrected chi connectivity index (χ1v) is 2.83. The van der Waals surface area contributed by atoms with E-state index in [1.54, 1.807) is 0 Å². The molecule has 0 aromatic carbocycles. The topological polar surface area (TPSA) is 41.1 Å². The highest BCUT2D eigenvalue weighted by Crippen LogP contribution is 2.27. The minimum atomic E-state index is 0.0417. The second-order valence-corrected chi connectivity index (χ2v) is 2.57. The van der Waals surface area contributed by atoms with Crippen LogP contribution in [0.4, 0.5) is 0 Å². The molecule has 0 aromatic heterocycles. The smallest absolute Gasteiger partial charge is 0.230 e. The third-order valence-corrected chi connectivity index (χ3v) is 2.00. The summed E-state index contributed by atoms with van der Waals surface area (Å²) in [5.41, 5.74) is 0.0417. The summed E-state index contributed by atoms with van der Waals surface area (Å²) in [7, 11) is 0. The van der Waals surface area contributed by atoms with Crippen LogP contribution < -0.4 is 10.6 Å². The van der Waals surface area contributed by atoms with E-state index in [2.05, 4.69) is 10.6 Å². The molecule has 0 radical (unpaired) electrons. The fraction of sp³-hybridized carbons (Fsp3) is 0.800. The van der Waals surface area contributed by atoms with E-state index in [9.17, 15) is 4.79 Å². The average molecular weight is 112 g/mol. The number of nitrogens with one attached hydrogen (secondary N) is 2. The minimum absolute atomic E-state index is 0.0417. The van der Waals surface area contributed by atoms with E-state index in [-0.39, 0.29) is 11.3 Å². The van der Waals surface area contributed by atoms with E-state index in [4.69, 9.17) is 0 Å². The van der Waals surface area contributed by atoms with Crippen LogP contribution in [0.3, 0.4) is 0 Å². The molecule has 3 heteroatoms. The largest absolute Gasteiger partial charge is 0.354 e. The molecule has 44 valence electrons. The van der Waals surface area contributed by atoms with Gasteiger partial charge in [0, 0.05) is 19.6 Å². The van der Waals surface area contributed by atoms with Crippen LogP contribution in [0.2, 0.25) is 0 Å². The Labute approximate surface area is 47.4 Å². The highest BCUT2D eigenvalue weighted by molar-refractivity contribution is 5.90. The van der Waals surface area contributed by atoms with E-state index in [1.807, 2.05) is 0 Å². The molecule has 2 heterocycles. The van der Waals surface area contributed by atoms with Gasteiger partial charge >= 0.3 is 0 Å². The van der Waals surface area contributed by atoms with E-state index in [0.717, 1.165) is 19.6 Å². The van der Waals surface area contributed by atoms with Crippen LogP contribution in [0, 0.1) is 5.41 Å². The van der Waals surface area contributed by atoms with Gasteiger partial charge in [-0.3, -0.25) is 4.79 Å². The number of β-lactam (4-membered cyclic amide) rings is 1. The summed E-state index contributed by atoms with van der Waals surface area (Å²) in [5, 5.41) is 5.80. The van der Waals surface area contributed by atoms with Crippen LogP contribution in [0.25, 0.3) is 0 Å². The molecule has 3 nitrogen and oxygen atoms in total. The van der Waals surface area contributed by atoms with Crippen LogP contribution in [-0.2, 0) is 4.79 Å². The van der Waals surface area contributed by atoms with E-state index >= 15 is 0 Å². The summed E-state index contributed by atoms with van der Waals surface area (Å²) in [6.45, 7) is 2.66. The highest BCUT2D eigenvalue weighted by atomic mass is 16.2. The van der Waals surface area contributed by atoms with Gasteiger partial charge in [0.25, 0.3) is 0 Å². The number of amides is 1. The van der Waals surface area contributed by atoms with Gasteiger partial charge in [-0.2, -0.15) is 0 Å². The fourth-order valence-corrected chi connectivity index (χ4v) is 1.12. The maximum Gasteiger partial charge on any atom is 0.230 e. The first kappa shape index (κ1) is 4.32. The van der Waals surface area contributed by atoms with Gasteiger partial charge in [0.05, 0.1) is 5.41 Å². The Kier molecular flexibility index (Phi) is 0.568. The predicted octanol–water partition coefficient (Wildman–Crippen LogP) is -1.29. The molecule has 2 aliphatic rings. The monoisotopic (exact) mass is 112 g/mol. The molecule has 0 saturated carbocycles. The Morgan fingerprint density at radius 1 is 1.38 bits per heavy atom. The molecule has 2 fully saturated rings. The molecule has 0 bridgehead atoms. The van der Waals surface area contributed by atoms with Crippen molar-refractivity contribution in [1.82, 2.24) is 10.6 Å². The molecule has 0 unspecified atom stereocenters. The van der Waals surface area contributed by atoms with Gasteiger partial charge in [-0.1, -0.05) is 0 Å². The SMILES string of the molecule is O=C1NCC12CNC2. The van der Waals surface area contributed by atoms with Crippen molar-refractivity contribution in [3.8, 4) is 0 Å². The summed E-state index contributed by atoms with van der Waals surface area (Å²) in [6.07, 6.45) is 0. The van der Waals surface area contributed by atoms with Crippen LogP contribution >= 0.6 is 0 Å². The molecule has 8 heavy (non-hydrogen) atoms. The van der Waals surface area contributed by atoms with Crippen molar-refractivity contribution in [2.75, 3.05) is 19.6 Å². The molecule has 0 aliphatic carbocycles. The van der Waals surface area contributed by atoms with Gasteiger partial charge in [-0.05, 0) is 0 Å². The second-order valence-electron chi connectivity index (χ2n) is 2.57. The van der Waals surface area contributed by atoms with Crippen LogP contribution in [-0.4, -0.2) is 25.5 Å². The van der Waals surface area contributed by atoms with Crippen molar-refractivity contribution >= 4 is 5.91 Å². The average Bonchev–Trinajstić information content (AvgIpc) is 1.58. The Morgan fingerprint density at radius 3 is 2.12 bits per heavy atom. The summed E-state index contributed by atoms with van der Waals surface area (Å²) >= 11 is 0. The Morgan fingerprint density at radius 2 is 2.12 bits per heavy atom. The summed E-state index contributed by atoms with van der Waals surface area (Å²) < 4.78 is 0. The zero-order chi connectivity index (χ0) is 5.61. The number of carbonyl (C=O) groups is 1. The maximum atomic E-state index is 10.7. The van der Waals surface area contributed by atoms with Gasteiger partial charge in [0.2, 0.25) is 5.91 Å². The Hall–Kier alpha value is -0.570. The maximum absolute atomic E-state index is 10.7. The van der Waals surface area contributed by atoms with Crippen LogP contribution in [0.1, 0.15) is 0 Å². The van der Waals surface area contributed by atoms with E-state index in [0.29, 0.717) is 0 Å². The van der Waals surface area contributed by atoms with Gasteiger partial charge in [0.15, 0.2) is 0 Å². The number of hydrogen-bond donors (Lipinski definition) is 2. The molecule has 2 aliphatic heterocycles. The predicted molar refractivity (Wildman–Crippen MR) is 28.3 cm³/mol. The third-order valence-electron chi connectivity index (χ3n) is 2.00. The van der Waals surface area contributed by atoms with Crippen molar-refractivity contribution in [1.29, 1.82) is 0 Å². The Bertz CT molecular complexity index is 134. The molecular weight excluding hydrogens is 104 g/mol. The van der Waals surface area contributed by atoms with Crippen molar-refractivity contribution in [3.05, 3.63) is 0 Å². The third kappa shape index (κ3) is 0.282. The molecule has 2 N–H and O–H groups in total. The first-order valence-electron chi connectivity index (χ1n) is 2.83. The van der Waals surface area contributed by atoms with E-state index < -0.39 is 0 Å². The lowest BCUT2D eigenvalue weighted by Crippen LogP contribution is -2.73. The van der Waals surface area contributed by atoms with Crippen molar-refractivity contribution < 1.29 is 4.79 Å². The van der Waals surface area contributed by atoms with Crippen LogP contribution in [0.5, 0.6) is 0 Å². The molecule has 0 atom stereocenters. The first-order chi connectivity index (χ1) is 3.83. The number of hydrogen-bond acceptors (Lipinski definition) is 2. The lowest BCUT2D eigenvalue weighted by atomic mass is 9.75. The zero-order valence-electron chi connectivity index (χ0n) is 4.53. The second kappa shape index (κ2) is 1.05. The number of rotatable bonds is 0. The van der Waals surface area contributed by atoms with Gasteiger partial charge in [0.1, 0.15) is 0 Å². The molecular formula is C5H8N2O. The Balaban J connectivity index is 2.14. The van der Waals surface area contributed by atoms with E-state index in [1.165, 1.54) is 0 Å². The number of carbonyl (C=O) groups excluding carboxylic acids is 1. The standard InChI is InChI=1S/C5H8N2O/c8-4-5(3-7-4)1-6-2-5/h6H,1-3H2,(H,7,8). The van der Waals surface area contributed by atoms with Crippen molar-refractivity contribution in [2.24, 2.45) is 5.41 Å². The van der Waals surface area contributed by atoms with Gasteiger partial charge in [-0.25, -0.2) is 0 Å². The molecule has 2 rings (SSSR count).